The SMILES string of the molecule is CCCCCOC(CC)CN. The monoisotopic (exact) mass is 159 g/mol. The predicted molar refractivity (Wildman–Crippen MR) is 48.6 cm³/mol. The molecule has 0 bridgehead atoms. The van der Waals surface area contributed by atoms with E-state index in [2.05, 4.69) is 13.8 Å². The molecular weight excluding hydrogens is 138 g/mol. The molecule has 0 spiro atoms. The minimum atomic E-state index is 0.284. The Morgan fingerprint density at radius 3 is 2.45 bits per heavy atom. The van der Waals surface area contributed by atoms with Gasteiger partial charge in [0.25, 0.3) is 0 Å². The van der Waals surface area contributed by atoms with E-state index in [1.165, 1.54) is 19.3 Å². The summed E-state index contributed by atoms with van der Waals surface area (Å²) in [6.45, 7) is 5.84. The van der Waals surface area contributed by atoms with Crippen LogP contribution in [0.15, 0.2) is 0 Å². The molecule has 68 valence electrons. The van der Waals surface area contributed by atoms with Gasteiger partial charge in [0.15, 0.2) is 0 Å². The fourth-order valence-electron chi connectivity index (χ4n) is 0.955. The Balaban J connectivity index is 3.07. The Hall–Kier alpha value is -0.0800. The van der Waals surface area contributed by atoms with E-state index in [0.717, 1.165) is 13.0 Å². The summed E-state index contributed by atoms with van der Waals surface area (Å²) < 4.78 is 5.52. The van der Waals surface area contributed by atoms with Gasteiger partial charge in [0.1, 0.15) is 0 Å². The second-order valence-electron chi connectivity index (χ2n) is 2.84. The molecule has 0 aliphatic heterocycles. The Bertz CT molecular complexity index is 72.0. The fourth-order valence-corrected chi connectivity index (χ4v) is 0.955. The summed E-state index contributed by atoms with van der Waals surface area (Å²) >= 11 is 0. The molecule has 0 fully saturated rings. The van der Waals surface area contributed by atoms with Crippen LogP contribution in [0.4, 0.5) is 0 Å². The number of ether oxygens (including phenoxy) is 1. The Morgan fingerprint density at radius 1 is 1.27 bits per heavy atom. The van der Waals surface area contributed by atoms with Gasteiger partial charge < -0.3 is 10.5 Å². The van der Waals surface area contributed by atoms with Crippen molar-refractivity contribution in [3.8, 4) is 0 Å². The lowest BCUT2D eigenvalue weighted by Crippen LogP contribution is -2.23. The Morgan fingerprint density at radius 2 is 2.00 bits per heavy atom. The van der Waals surface area contributed by atoms with E-state index < -0.39 is 0 Å². The van der Waals surface area contributed by atoms with Crippen molar-refractivity contribution in [2.75, 3.05) is 13.2 Å². The van der Waals surface area contributed by atoms with Crippen molar-refractivity contribution in [2.45, 2.75) is 45.6 Å². The van der Waals surface area contributed by atoms with Gasteiger partial charge in [-0.3, -0.25) is 0 Å². The molecule has 1 atom stereocenters. The second kappa shape index (κ2) is 8.02. The molecule has 0 amide bonds. The van der Waals surface area contributed by atoms with Gasteiger partial charge in [0, 0.05) is 13.2 Å². The standard InChI is InChI=1S/C9H21NO/c1-3-5-6-7-11-9(4-2)8-10/h9H,3-8,10H2,1-2H3. The van der Waals surface area contributed by atoms with Crippen LogP contribution >= 0.6 is 0 Å². The molecule has 2 nitrogen and oxygen atoms in total. The summed E-state index contributed by atoms with van der Waals surface area (Å²) in [6, 6.07) is 0. The second-order valence-corrected chi connectivity index (χ2v) is 2.84. The highest BCUT2D eigenvalue weighted by Crippen LogP contribution is 1.99. The zero-order valence-electron chi connectivity index (χ0n) is 7.81. The topological polar surface area (TPSA) is 35.2 Å². The maximum absolute atomic E-state index is 5.52. The first-order valence-corrected chi connectivity index (χ1v) is 4.66. The van der Waals surface area contributed by atoms with E-state index >= 15 is 0 Å². The highest BCUT2D eigenvalue weighted by molar-refractivity contribution is 4.54. The van der Waals surface area contributed by atoms with Crippen molar-refractivity contribution in [1.29, 1.82) is 0 Å². The minimum absolute atomic E-state index is 0.284. The first-order valence-electron chi connectivity index (χ1n) is 4.66. The molecule has 1 unspecified atom stereocenters. The van der Waals surface area contributed by atoms with Gasteiger partial charge in [-0.2, -0.15) is 0 Å². The smallest absolute Gasteiger partial charge is 0.0694 e. The van der Waals surface area contributed by atoms with Crippen LogP contribution in [0.2, 0.25) is 0 Å². The van der Waals surface area contributed by atoms with Gasteiger partial charge in [-0.25, -0.2) is 0 Å². The van der Waals surface area contributed by atoms with Crippen molar-refractivity contribution in [1.82, 2.24) is 0 Å². The third-order valence-corrected chi connectivity index (χ3v) is 1.82. The van der Waals surface area contributed by atoms with Crippen LogP contribution in [-0.4, -0.2) is 19.3 Å². The van der Waals surface area contributed by atoms with E-state index in [1.54, 1.807) is 0 Å². The summed E-state index contributed by atoms with van der Waals surface area (Å²) in [7, 11) is 0. The summed E-state index contributed by atoms with van der Waals surface area (Å²) in [5.41, 5.74) is 5.47. The summed E-state index contributed by atoms with van der Waals surface area (Å²) in [6.07, 6.45) is 5.01. The lowest BCUT2D eigenvalue weighted by Gasteiger charge is -2.12. The predicted octanol–water partition coefficient (Wildman–Crippen LogP) is 1.93. The largest absolute Gasteiger partial charge is 0.377 e. The van der Waals surface area contributed by atoms with Crippen LogP contribution in [0.25, 0.3) is 0 Å². The van der Waals surface area contributed by atoms with Crippen LogP contribution in [-0.2, 0) is 4.74 Å². The van der Waals surface area contributed by atoms with Crippen molar-refractivity contribution >= 4 is 0 Å². The van der Waals surface area contributed by atoms with Crippen LogP contribution in [0.3, 0.4) is 0 Å². The molecular formula is C9H21NO. The molecule has 0 aromatic carbocycles. The minimum Gasteiger partial charge on any atom is -0.377 e. The number of rotatable bonds is 7. The molecule has 0 rings (SSSR count). The fraction of sp³-hybridized carbons (Fsp3) is 1.00. The molecule has 11 heavy (non-hydrogen) atoms. The molecule has 2 heteroatoms. The van der Waals surface area contributed by atoms with E-state index in [0.29, 0.717) is 6.54 Å². The molecule has 0 aromatic heterocycles. The van der Waals surface area contributed by atoms with Gasteiger partial charge in [0.2, 0.25) is 0 Å². The Labute approximate surface area is 70.1 Å². The number of hydrogen-bond donors (Lipinski definition) is 1. The lowest BCUT2D eigenvalue weighted by atomic mass is 10.2. The third-order valence-electron chi connectivity index (χ3n) is 1.82. The van der Waals surface area contributed by atoms with Crippen LogP contribution in [0.1, 0.15) is 39.5 Å². The quantitative estimate of drug-likeness (QED) is 0.576. The van der Waals surface area contributed by atoms with Crippen molar-refractivity contribution in [3.63, 3.8) is 0 Å². The van der Waals surface area contributed by atoms with Crippen molar-refractivity contribution in [2.24, 2.45) is 5.73 Å². The zero-order valence-corrected chi connectivity index (χ0v) is 7.81. The normalized spacial score (nSPS) is 13.4. The highest BCUT2D eigenvalue weighted by atomic mass is 16.5. The van der Waals surface area contributed by atoms with Gasteiger partial charge in [-0.05, 0) is 12.8 Å². The third kappa shape index (κ3) is 6.32. The lowest BCUT2D eigenvalue weighted by molar-refractivity contribution is 0.0542. The molecule has 0 aliphatic rings. The van der Waals surface area contributed by atoms with Crippen molar-refractivity contribution < 1.29 is 4.74 Å². The summed E-state index contributed by atoms with van der Waals surface area (Å²) in [5, 5.41) is 0. The van der Waals surface area contributed by atoms with Gasteiger partial charge in [0.05, 0.1) is 6.10 Å². The summed E-state index contributed by atoms with van der Waals surface area (Å²) in [5.74, 6) is 0. The Kier molecular flexibility index (Phi) is 7.96. The first kappa shape index (κ1) is 10.9. The number of hydrogen-bond acceptors (Lipinski definition) is 2. The van der Waals surface area contributed by atoms with Crippen LogP contribution in [0.5, 0.6) is 0 Å². The van der Waals surface area contributed by atoms with Crippen LogP contribution < -0.4 is 5.73 Å². The number of unbranched alkanes of at least 4 members (excludes halogenated alkanes) is 2. The van der Waals surface area contributed by atoms with E-state index in [4.69, 9.17) is 10.5 Å². The number of nitrogens with two attached hydrogens (primary N) is 1. The van der Waals surface area contributed by atoms with Crippen molar-refractivity contribution in [3.05, 3.63) is 0 Å². The van der Waals surface area contributed by atoms with Gasteiger partial charge >= 0.3 is 0 Å². The first-order chi connectivity index (χ1) is 5.35. The maximum atomic E-state index is 5.52. The van der Waals surface area contributed by atoms with Crippen LogP contribution in [0, 0.1) is 0 Å². The molecule has 0 aliphatic carbocycles. The zero-order chi connectivity index (χ0) is 8.53. The van der Waals surface area contributed by atoms with E-state index in [-0.39, 0.29) is 6.10 Å². The molecule has 0 radical (unpaired) electrons. The average Bonchev–Trinajstić information content (AvgIpc) is 2.05. The molecule has 2 N–H and O–H groups in total. The molecule has 0 heterocycles. The van der Waals surface area contributed by atoms with E-state index in [9.17, 15) is 0 Å². The maximum Gasteiger partial charge on any atom is 0.0694 e. The average molecular weight is 159 g/mol. The molecule has 0 aromatic rings. The summed E-state index contributed by atoms with van der Waals surface area (Å²) in [4.78, 5) is 0. The van der Waals surface area contributed by atoms with Gasteiger partial charge in [-0.15, -0.1) is 0 Å². The molecule has 0 saturated heterocycles. The van der Waals surface area contributed by atoms with Gasteiger partial charge in [-0.1, -0.05) is 26.7 Å². The molecule has 0 saturated carbocycles. The van der Waals surface area contributed by atoms with E-state index in [1.807, 2.05) is 0 Å². The highest BCUT2D eigenvalue weighted by Gasteiger charge is 2.01.